The molecule has 1 aliphatic heterocycles. The Morgan fingerprint density at radius 3 is 2.59 bits per heavy atom. The molecule has 0 radical (unpaired) electrons. The molecule has 2 heterocycles. The van der Waals surface area contributed by atoms with E-state index in [1.165, 1.54) is 0 Å². The fourth-order valence-corrected chi connectivity index (χ4v) is 3.52. The van der Waals surface area contributed by atoms with Crippen molar-refractivity contribution >= 4 is 15.9 Å². The Kier molecular flexibility index (Phi) is 5.40. The molecular formula is C20H21BrN4O2. The highest BCUT2D eigenvalue weighted by atomic mass is 79.9. The fourth-order valence-electron chi connectivity index (χ4n) is 3.25. The zero-order chi connectivity index (χ0) is 19.7. The minimum Gasteiger partial charge on any atom is -0.440 e. The second kappa shape index (κ2) is 7.59. The summed E-state index contributed by atoms with van der Waals surface area (Å²) in [5.74, 6) is -0.0867. The Balaban J connectivity index is 2.22. The molecule has 1 aromatic heterocycles. The predicted molar refractivity (Wildman–Crippen MR) is 107 cm³/mol. The van der Waals surface area contributed by atoms with Gasteiger partial charge in [-0.1, -0.05) is 28.1 Å². The number of aromatic nitrogens is 1. The van der Waals surface area contributed by atoms with Crippen molar-refractivity contribution in [3.05, 3.63) is 73.4 Å². The average molecular weight is 429 g/mol. The van der Waals surface area contributed by atoms with Crippen LogP contribution in [0.3, 0.4) is 0 Å². The third-order valence-electron chi connectivity index (χ3n) is 4.66. The molecule has 6 nitrogen and oxygen atoms in total. The van der Waals surface area contributed by atoms with Gasteiger partial charge in [-0.15, -0.1) is 0 Å². The molecule has 0 saturated heterocycles. The van der Waals surface area contributed by atoms with Crippen LogP contribution in [-0.2, 0) is 6.54 Å². The standard InChI is InChI=1S/C20H21BrN4O2/c1-12-10-16-18(20(26)25(12)9-8-24(2)3)17(15(11-22)19(23)27-16)13-4-6-14(21)7-5-13/h4-7,10,17H,8-9,23H2,1-3H3/t17-/m0/s1. The van der Waals surface area contributed by atoms with E-state index in [0.717, 1.165) is 22.3 Å². The second-order valence-corrected chi connectivity index (χ2v) is 7.72. The number of aryl methyl sites for hydroxylation is 1. The molecule has 0 fully saturated rings. The molecule has 0 spiro atoms. The van der Waals surface area contributed by atoms with Crippen LogP contribution in [0.4, 0.5) is 0 Å². The molecule has 2 N–H and O–H groups in total. The topological polar surface area (TPSA) is 84.3 Å². The van der Waals surface area contributed by atoms with Crippen molar-refractivity contribution in [3.63, 3.8) is 0 Å². The van der Waals surface area contributed by atoms with Gasteiger partial charge in [-0.3, -0.25) is 4.79 Å². The molecule has 1 atom stereocenters. The zero-order valence-electron chi connectivity index (χ0n) is 15.5. The number of pyridine rings is 1. The first-order chi connectivity index (χ1) is 12.8. The Bertz CT molecular complexity index is 1000. The van der Waals surface area contributed by atoms with Crippen molar-refractivity contribution in [3.8, 4) is 11.8 Å². The van der Waals surface area contributed by atoms with E-state index in [1.807, 2.05) is 56.3 Å². The lowest BCUT2D eigenvalue weighted by molar-refractivity contribution is 0.369. The molecule has 27 heavy (non-hydrogen) atoms. The van der Waals surface area contributed by atoms with Gasteiger partial charge in [0.1, 0.15) is 17.4 Å². The number of benzene rings is 1. The van der Waals surface area contributed by atoms with Gasteiger partial charge < -0.3 is 19.9 Å². The molecule has 0 aliphatic carbocycles. The van der Waals surface area contributed by atoms with Gasteiger partial charge in [-0.2, -0.15) is 5.26 Å². The lowest BCUT2D eigenvalue weighted by Crippen LogP contribution is -2.34. The van der Waals surface area contributed by atoms with Gasteiger partial charge in [0.2, 0.25) is 5.88 Å². The number of allylic oxidation sites excluding steroid dienone is 1. The SMILES string of the molecule is Cc1cc2c(c(=O)n1CCN(C)C)[C@@H](c1ccc(Br)cc1)C(C#N)=C(N)O2. The quantitative estimate of drug-likeness (QED) is 0.808. The third kappa shape index (κ3) is 3.64. The highest BCUT2D eigenvalue weighted by Gasteiger charge is 2.34. The van der Waals surface area contributed by atoms with E-state index in [2.05, 4.69) is 22.0 Å². The van der Waals surface area contributed by atoms with Crippen LogP contribution in [0, 0.1) is 18.3 Å². The zero-order valence-corrected chi connectivity index (χ0v) is 17.1. The van der Waals surface area contributed by atoms with Gasteiger partial charge in [0, 0.05) is 29.3 Å². The average Bonchev–Trinajstić information content (AvgIpc) is 2.61. The number of rotatable bonds is 4. The number of nitriles is 1. The van der Waals surface area contributed by atoms with Gasteiger partial charge in [0.25, 0.3) is 5.56 Å². The van der Waals surface area contributed by atoms with E-state index in [1.54, 1.807) is 4.57 Å². The van der Waals surface area contributed by atoms with Crippen LogP contribution >= 0.6 is 15.9 Å². The second-order valence-electron chi connectivity index (χ2n) is 6.80. The highest BCUT2D eigenvalue weighted by Crippen LogP contribution is 2.40. The minimum atomic E-state index is -0.550. The molecule has 3 rings (SSSR count). The lowest BCUT2D eigenvalue weighted by Gasteiger charge is -2.27. The maximum absolute atomic E-state index is 13.3. The van der Waals surface area contributed by atoms with Crippen LogP contribution in [0.1, 0.15) is 22.7 Å². The first-order valence-electron chi connectivity index (χ1n) is 8.55. The van der Waals surface area contributed by atoms with Crippen LogP contribution in [-0.4, -0.2) is 30.1 Å². The van der Waals surface area contributed by atoms with E-state index in [-0.39, 0.29) is 17.0 Å². The van der Waals surface area contributed by atoms with E-state index in [9.17, 15) is 10.1 Å². The van der Waals surface area contributed by atoms with E-state index < -0.39 is 5.92 Å². The number of likely N-dealkylation sites (N-methyl/N-ethyl adjacent to an activating group) is 1. The maximum Gasteiger partial charge on any atom is 0.258 e. The summed E-state index contributed by atoms with van der Waals surface area (Å²) < 4.78 is 8.30. The van der Waals surface area contributed by atoms with Crippen molar-refractivity contribution in [1.29, 1.82) is 5.26 Å². The van der Waals surface area contributed by atoms with Crippen LogP contribution < -0.4 is 16.0 Å². The summed E-state index contributed by atoms with van der Waals surface area (Å²) in [5.41, 5.74) is 8.18. The lowest BCUT2D eigenvalue weighted by atomic mass is 9.84. The Morgan fingerprint density at radius 2 is 2.00 bits per heavy atom. The van der Waals surface area contributed by atoms with Crippen LogP contribution in [0.5, 0.6) is 5.75 Å². The molecule has 0 bridgehead atoms. The monoisotopic (exact) mass is 428 g/mol. The maximum atomic E-state index is 13.3. The highest BCUT2D eigenvalue weighted by molar-refractivity contribution is 9.10. The molecule has 0 amide bonds. The smallest absolute Gasteiger partial charge is 0.258 e. The van der Waals surface area contributed by atoms with Crippen molar-refractivity contribution in [2.45, 2.75) is 19.4 Å². The number of nitrogens with two attached hydrogens (primary N) is 1. The third-order valence-corrected chi connectivity index (χ3v) is 5.19. The van der Waals surface area contributed by atoms with Crippen molar-refractivity contribution < 1.29 is 4.74 Å². The predicted octanol–water partition coefficient (Wildman–Crippen LogP) is 2.70. The molecule has 7 heteroatoms. The van der Waals surface area contributed by atoms with Gasteiger partial charge in [0.05, 0.1) is 11.5 Å². The largest absolute Gasteiger partial charge is 0.440 e. The molecule has 2 aromatic rings. The van der Waals surface area contributed by atoms with E-state index in [0.29, 0.717) is 17.9 Å². The number of hydrogen-bond acceptors (Lipinski definition) is 5. The summed E-state index contributed by atoms with van der Waals surface area (Å²) in [6.45, 7) is 3.15. The normalized spacial score (nSPS) is 16.1. The van der Waals surface area contributed by atoms with Crippen LogP contribution in [0.2, 0.25) is 0 Å². The fraction of sp³-hybridized carbons (Fsp3) is 0.300. The van der Waals surface area contributed by atoms with Gasteiger partial charge in [-0.25, -0.2) is 0 Å². The van der Waals surface area contributed by atoms with Crippen molar-refractivity contribution in [2.24, 2.45) is 5.73 Å². The Morgan fingerprint density at radius 1 is 1.33 bits per heavy atom. The number of hydrogen-bond donors (Lipinski definition) is 1. The van der Waals surface area contributed by atoms with Crippen LogP contribution in [0.25, 0.3) is 0 Å². The summed E-state index contributed by atoms with van der Waals surface area (Å²) in [5, 5.41) is 9.67. The molecule has 0 unspecified atom stereocenters. The number of ether oxygens (including phenoxy) is 1. The molecule has 1 aliphatic rings. The van der Waals surface area contributed by atoms with E-state index in [4.69, 9.17) is 10.5 Å². The Labute approximate surface area is 166 Å². The molecular weight excluding hydrogens is 408 g/mol. The van der Waals surface area contributed by atoms with Crippen molar-refractivity contribution in [2.75, 3.05) is 20.6 Å². The van der Waals surface area contributed by atoms with Crippen molar-refractivity contribution in [1.82, 2.24) is 9.47 Å². The summed E-state index contributed by atoms with van der Waals surface area (Å²) in [6, 6.07) is 11.5. The summed E-state index contributed by atoms with van der Waals surface area (Å²) in [4.78, 5) is 15.4. The van der Waals surface area contributed by atoms with Gasteiger partial charge in [0.15, 0.2) is 0 Å². The molecule has 140 valence electrons. The summed E-state index contributed by atoms with van der Waals surface area (Å²) >= 11 is 3.42. The minimum absolute atomic E-state index is 0.0442. The molecule has 0 saturated carbocycles. The van der Waals surface area contributed by atoms with Crippen LogP contribution in [0.15, 0.2) is 51.1 Å². The first-order valence-corrected chi connectivity index (χ1v) is 9.35. The number of halogens is 1. The van der Waals surface area contributed by atoms with Gasteiger partial charge in [-0.05, 0) is 38.7 Å². The number of nitrogens with zero attached hydrogens (tertiary/aromatic N) is 3. The molecule has 1 aromatic carbocycles. The summed E-state index contributed by atoms with van der Waals surface area (Å²) in [6.07, 6.45) is 0. The number of fused-ring (bicyclic) bond motifs is 1. The van der Waals surface area contributed by atoms with E-state index >= 15 is 0 Å². The summed E-state index contributed by atoms with van der Waals surface area (Å²) in [7, 11) is 3.92. The van der Waals surface area contributed by atoms with Gasteiger partial charge >= 0.3 is 0 Å². The Hall–Kier alpha value is -2.56. The first kappa shape index (κ1) is 19.2.